The van der Waals surface area contributed by atoms with E-state index in [-0.39, 0.29) is 5.91 Å². The molecule has 0 bridgehead atoms. The van der Waals surface area contributed by atoms with Crippen LogP contribution in [-0.2, 0) is 6.54 Å². The Balaban J connectivity index is 1.61. The molecule has 0 spiro atoms. The summed E-state index contributed by atoms with van der Waals surface area (Å²) in [5.41, 5.74) is 1.78. The summed E-state index contributed by atoms with van der Waals surface area (Å²) in [6.45, 7) is 3.89. The third kappa shape index (κ3) is 4.48. The first kappa shape index (κ1) is 18.5. The molecule has 1 fully saturated rings. The zero-order valence-electron chi connectivity index (χ0n) is 15.1. The maximum atomic E-state index is 12.8. The Bertz CT molecular complexity index is 751. The number of hydrogen-bond donors (Lipinski definition) is 0. The van der Waals surface area contributed by atoms with Gasteiger partial charge in [0.05, 0.1) is 14.2 Å². The normalized spacial score (nSPS) is 15.0. The molecule has 0 unspecified atom stereocenters. The van der Waals surface area contributed by atoms with Crippen molar-refractivity contribution in [3.05, 3.63) is 58.6 Å². The van der Waals surface area contributed by atoms with Gasteiger partial charge in [0.2, 0.25) is 0 Å². The van der Waals surface area contributed by atoms with Crippen molar-refractivity contribution < 1.29 is 14.3 Å². The average molecular weight is 375 g/mol. The van der Waals surface area contributed by atoms with Gasteiger partial charge in [-0.25, -0.2) is 0 Å². The highest BCUT2D eigenvalue weighted by atomic mass is 35.5. The fourth-order valence-corrected chi connectivity index (χ4v) is 3.33. The van der Waals surface area contributed by atoms with E-state index >= 15 is 0 Å². The van der Waals surface area contributed by atoms with Crippen LogP contribution in [0, 0.1) is 0 Å². The van der Waals surface area contributed by atoms with Crippen LogP contribution in [0.25, 0.3) is 0 Å². The van der Waals surface area contributed by atoms with E-state index in [9.17, 15) is 4.79 Å². The first-order valence-corrected chi connectivity index (χ1v) is 8.96. The van der Waals surface area contributed by atoms with Crippen LogP contribution in [0.3, 0.4) is 0 Å². The number of benzene rings is 2. The number of carbonyl (C=O) groups is 1. The van der Waals surface area contributed by atoms with Crippen molar-refractivity contribution in [2.24, 2.45) is 0 Å². The summed E-state index contributed by atoms with van der Waals surface area (Å²) in [5.74, 6) is 1.24. The number of methoxy groups -OCH3 is 2. The summed E-state index contributed by atoms with van der Waals surface area (Å²) < 4.78 is 10.5. The van der Waals surface area contributed by atoms with Crippen molar-refractivity contribution in [3.8, 4) is 11.5 Å². The fraction of sp³-hybridized carbons (Fsp3) is 0.350. The van der Waals surface area contributed by atoms with Gasteiger partial charge in [-0.2, -0.15) is 0 Å². The number of piperazine rings is 1. The van der Waals surface area contributed by atoms with Crippen LogP contribution in [0.4, 0.5) is 0 Å². The van der Waals surface area contributed by atoms with E-state index in [2.05, 4.69) is 11.0 Å². The van der Waals surface area contributed by atoms with Gasteiger partial charge < -0.3 is 14.4 Å². The molecule has 0 N–H and O–H groups in total. The summed E-state index contributed by atoms with van der Waals surface area (Å²) in [6.07, 6.45) is 0. The topological polar surface area (TPSA) is 42.0 Å². The number of amides is 1. The van der Waals surface area contributed by atoms with Gasteiger partial charge in [-0.15, -0.1) is 0 Å². The average Bonchev–Trinajstić information content (AvgIpc) is 2.67. The summed E-state index contributed by atoms with van der Waals surface area (Å²) in [7, 11) is 3.16. The molecule has 2 aromatic rings. The van der Waals surface area contributed by atoms with E-state index in [1.54, 1.807) is 32.4 Å². The van der Waals surface area contributed by atoms with E-state index < -0.39 is 0 Å². The van der Waals surface area contributed by atoms with Gasteiger partial charge in [0.25, 0.3) is 5.91 Å². The highest BCUT2D eigenvalue weighted by molar-refractivity contribution is 6.30. The lowest BCUT2D eigenvalue weighted by Crippen LogP contribution is -2.48. The van der Waals surface area contributed by atoms with Crippen LogP contribution in [0.5, 0.6) is 11.5 Å². The van der Waals surface area contributed by atoms with Crippen molar-refractivity contribution in [1.29, 1.82) is 0 Å². The zero-order valence-corrected chi connectivity index (χ0v) is 15.8. The minimum atomic E-state index is 0.00426. The largest absolute Gasteiger partial charge is 0.497 e. The van der Waals surface area contributed by atoms with Gasteiger partial charge in [0.15, 0.2) is 0 Å². The van der Waals surface area contributed by atoms with Crippen LogP contribution >= 0.6 is 11.6 Å². The monoisotopic (exact) mass is 374 g/mol. The van der Waals surface area contributed by atoms with Crippen LogP contribution in [0.15, 0.2) is 42.5 Å². The van der Waals surface area contributed by atoms with Gasteiger partial charge in [0, 0.05) is 49.4 Å². The molecule has 1 heterocycles. The number of rotatable bonds is 5. The maximum Gasteiger partial charge on any atom is 0.254 e. The third-order valence-corrected chi connectivity index (χ3v) is 4.79. The first-order chi connectivity index (χ1) is 12.6. The second kappa shape index (κ2) is 8.43. The lowest BCUT2D eigenvalue weighted by atomic mass is 10.1. The number of ether oxygens (including phenoxy) is 2. The Morgan fingerprint density at radius 2 is 1.65 bits per heavy atom. The number of halogens is 1. The molecule has 26 heavy (non-hydrogen) atoms. The van der Waals surface area contributed by atoms with E-state index in [1.807, 2.05) is 23.1 Å². The lowest BCUT2D eigenvalue weighted by Gasteiger charge is -2.35. The van der Waals surface area contributed by atoms with Gasteiger partial charge in [-0.05, 0) is 29.8 Å². The molecule has 0 atom stereocenters. The Morgan fingerprint density at radius 3 is 2.23 bits per heavy atom. The summed E-state index contributed by atoms with van der Waals surface area (Å²) in [4.78, 5) is 17.0. The molecule has 6 heteroatoms. The van der Waals surface area contributed by atoms with Crippen molar-refractivity contribution in [3.63, 3.8) is 0 Å². The molecular weight excluding hydrogens is 352 g/mol. The van der Waals surface area contributed by atoms with Gasteiger partial charge in [0.1, 0.15) is 11.5 Å². The van der Waals surface area contributed by atoms with E-state index in [4.69, 9.17) is 21.1 Å². The highest BCUT2D eigenvalue weighted by Gasteiger charge is 2.23. The zero-order chi connectivity index (χ0) is 18.5. The number of carbonyl (C=O) groups excluding carboxylic acids is 1. The molecule has 5 nitrogen and oxygen atoms in total. The summed E-state index contributed by atoms with van der Waals surface area (Å²) in [5, 5.41) is 0.753. The lowest BCUT2D eigenvalue weighted by molar-refractivity contribution is 0.0628. The molecule has 1 aliphatic rings. The van der Waals surface area contributed by atoms with Crippen molar-refractivity contribution in [2.75, 3.05) is 40.4 Å². The molecule has 2 aromatic carbocycles. The van der Waals surface area contributed by atoms with Crippen LogP contribution in [0.1, 0.15) is 15.9 Å². The number of hydrogen-bond acceptors (Lipinski definition) is 4. The Kier molecular flexibility index (Phi) is 6.01. The molecule has 0 aromatic heterocycles. The summed E-state index contributed by atoms with van der Waals surface area (Å²) >= 11 is 6.05. The first-order valence-electron chi connectivity index (χ1n) is 8.58. The van der Waals surface area contributed by atoms with Gasteiger partial charge in [-0.1, -0.05) is 23.7 Å². The Morgan fingerprint density at radius 1 is 1.00 bits per heavy atom. The van der Waals surface area contributed by atoms with E-state index in [0.29, 0.717) is 30.2 Å². The number of nitrogens with zero attached hydrogens (tertiary/aromatic N) is 2. The maximum absolute atomic E-state index is 12.8. The minimum absolute atomic E-state index is 0.00426. The SMILES string of the molecule is COc1cc(OC)cc(C(=O)N2CCN(Cc3cccc(Cl)c3)CC2)c1. The smallest absolute Gasteiger partial charge is 0.254 e. The van der Waals surface area contributed by atoms with Crippen molar-refractivity contribution in [1.82, 2.24) is 9.80 Å². The second-order valence-electron chi connectivity index (χ2n) is 6.30. The predicted octanol–water partition coefficient (Wildman–Crippen LogP) is 3.32. The molecule has 3 rings (SSSR count). The third-order valence-electron chi connectivity index (χ3n) is 4.55. The van der Waals surface area contributed by atoms with Gasteiger partial charge in [-0.3, -0.25) is 9.69 Å². The second-order valence-corrected chi connectivity index (χ2v) is 6.74. The van der Waals surface area contributed by atoms with Crippen molar-refractivity contribution in [2.45, 2.75) is 6.54 Å². The molecule has 1 saturated heterocycles. The molecule has 0 aliphatic carbocycles. The molecule has 1 aliphatic heterocycles. The van der Waals surface area contributed by atoms with E-state index in [1.165, 1.54) is 5.56 Å². The molecular formula is C20H23ClN2O3. The summed E-state index contributed by atoms with van der Waals surface area (Å²) in [6, 6.07) is 13.2. The predicted molar refractivity (Wildman–Crippen MR) is 102 cm³/mol. The molecule has 0 radical (unpaired) electrons. The van der Waals surface area contributed by atoms with E-state index in [0.717, 1.165) is 24.7 Å². The quantitative estimate of drug-likeness (QED) is 0.805. The Labute approximate surface area is 159 Å². The molecule has 0 saturated carbocycles. The molecule has 1 amide bonds. The van der Waals surface area contributed by atoms with Crippen LogP contribution in [0.2, 0.25) is 5.02 Å². The fourth-order valence-electron chi connectivity index (χ4n) is 3.12. The Hall–Kier alpha value is -2.24. The standard InChI is InChI=1S/C20H23ClN2O3/c1-25-18-11-16(12-19(13-18)26-2)20(24)23-8-6-22(7-9-23)14-15-4-3-5-17(21)10-15/h3-5,10-13H,6-9,14H2,1-2H3. The van der Waals surface area contributed by atoms with Crippen molar-refractivity contribution >= 4 is 17.5 Å². The molecule has 138 valence electrons. The van der Waals surface area contributed by atoms with Crippen LogP contribution in [-0.4, -0.2) is 56.1 Å². The van der Waals surface area contributed by atoms with Gasteiger partial charge >= 0.3 is 0 Å². The highest BCUT2D eigenvalue weighted by Crippen LogP contribution is 2.24. The minimum Gasteiger partial charge on any atom is -0.497 e. The van der Waals surface area contributed by atoms with Crippen LogP contribution < -0.4 is 9.47 Å².